The summed E-state index contributed by atoms with van der Waals surface area (Å²) in [6.45, 7) is 3.04. The summed E-state index contributed by atoms with van der Waals surface area (Å²) in [5.41, 5.74) is 6.06. The van der Waals surface area contributed by atoms with Crippen molar-refractivity contribution in [3.63, 3.8) is 0 Å². The fourth-order valence-electron chi connectivity index (χ4n) is 2.29. The average molecular weight is 277 g/mol. The summed E-state index contributed by atoms with van der Waals surface area (Å²) in [5.74, 6) is -0.116. The van der Waals surface area contributed by atoms with E-state index in [1.54, 1.807) is 0 Å². The van der Waals surface area contributed by atoms with Crippen LogP contribution in [0.5, 0.6) is 0 Å². The lowest BCUT2D eigenvalue weighted by Gasteiger charge is -2.31. The molecule has 1 aromatic carbocycles. The molecule has 0 radical (unpaired) electrons. The van der Waals surface area contributed by atoms with Gasteiger partial charge in [0.1, 0.15) is 11.6 Å². The monoisotopic (exact) mass is 276 g/mol. The highest BCUT2D eigenvalue weighted by atomic mass is 35.5. The number of halogens is 3. The first-order valence-electron chi connectivity index (χ1n) is 6.05. The molecular formula is C13H19ClF2N2. The number of nitrogens with zero attached hydrogens (tertiary/aromatic N) is 1. The van der Waals surface area contributed by atoms with Crippen molar-refractivity contribution in [2.24, 2.45) is 11.7 Å². The topological polar surface area (TPSA) is 29.3 Å². The summed E-state index contributed by atoms with van der Waals surface area (Å²) in [6.07, 6.45) is 2.10. The summed E-state index contributed by atoms with van der Waals surface area (Å²) in [4.78, 5) is 2.16. The van der Waals surface area contributed by atoms with Crippen LogP contribution in [-0.2, 0) is 6.54 Å². The number of nitrogens with two attached hydrogens (primary N) is 1. The highest BCUT2D eigenvalue weighted by molar-refractivity contribution is 5.85. The Morgan fingerprint density at radius 1 is 1.22 bits per heavy atom. The molecule has 1 saturated heterocycles. The van der Waals surface area contributed by atoms with Gasteiger partial charge in [0, 0.05) is 12.1 Å². The van der Waals surface area contributed by atoms with Crippen LogP contribution in [0.2, 0.25) is 0 Å². The van der Waals surface area contributed by atoms with Crippen molar-refractivity contribution in [3.05, 3.63) is 35.4 Å². The van der Waals surface area contributed by atoms with Crippen molar-refractivity contribution in [1.29, 1.82) is 0 Å². The van der Waals surface area contributed by atoms with Crippen molar-refractivity contribution in [2.75, 3.05) is 19.6 Å². The standard InChI is InChI=1S/C13H18F2N2.ClH/c14-12-1-2-13(15)11(7-12)9-17-5-3-10(8-16)4-6-17;/h1-2,7,10H,3-6,8-9,16H2;1H. The van der Waals surface area contributed by atoms with Gasteiger partial charge in [0.05, 0.1) is 0 Å². The van der Waals surface area contributed by atoms with Crippen molar-refractivity contribution < 1.29 is 8.78 Å². The summed E-state index contributed by atoms with van der Waals surface area (Å²) in [5, 5.41) is 0. The third-order valence-electron chi connectivity index (χ3n) is 3.44. The minimum Gasteiger partial charge on any atom is -0.330 e. The molecule has 1 aromatic rings. The largest absolute Gasteiger partial charge is 0.330 e. The Bertz CT molecular complexity index is 379. The van der Waals surface area contributed by atoms with Gasteiger partial charge in [-0.05, 0) is 56.6 Å². The zero-order valence-corrected chi connectivity index (χ0v) is 11.1. The molecule has 0 aliphatic carbocycles. The van der Waals surface area contributed by atoms with E-state index in [4.69, 9.17) is 5.73 Å². The number of piperidine rings is 1. The minimum atomic E-state index is -0.377. The van der Waals surface area contributed by atoms with Crippen LogP contribution in [0.4, 0.5) is 8.78 Å². The van der Waals surface area contributed by atoms with Gasteiger partial charge in [0.2, 0.25) is 0 Å². The smallest absolute Gasteiger partial charge is 0.127 e. The Hall–Kier alpha value is -0.710. The normalized spacial score (nSPS) is 17.5. The Morgan fingerprint density at radius 2 is 1.89 bits per heavy atom. The summed E-state index contributed by atoms with van der Waals surface area (Å²) >= 11 is 0. The maximum absolute atomic E-state index is 13.5. The second kappa shape index (κ2) is 7.02. The molecule has 1 aliphatic heterocycles. The van der Waals surface area contributed by atoms with Gasteiger partial charge in [0.15, 0.2) is 0 Å². The number of likely N-dealkylation sites (tertiary alicyclic amines) is 1. The number of hydrogen-bond acceptors (Lipinski definition) is 2. The molecule has 0 spiro atoms. The lowest BCUT2D eigenvalue weighted by molar-refractivity contribution is 0.178. The maximum atomic E-state index is 13.5. The molecular weight excluding hydrogens is 258 g/mol. The molecule has 5 heteroatoms. The van der Waals surface area contributed by atoms with Gasteiger partial charge in [-0.15, -0.1) is 12.4 Å². The minimum absolute atomic E-state index is 0. The fraction of sp³-hybridized carbons (Fsp3) is 0.538. The molecule has 0 amide bonds. The summed E-state index contributed by atoms with van der Waals surface area (Å²) in [6, 6.07) is 3.63. The van der Waals surface area contributed by atoms with E-state index >= 15 is 0 Å². The third-order valence-corrected chi connectivity index (χ3v) is 3.44. The van der Waals surface area contributed by atoms with Crippen molar-refractivity contribution in [2.45, 2.75) is 19.4 Å². The van der Waals surface area contributed by atoms with Crippen LogP contribution in [0.3, 0.4) is 0 Å². The molecule has 0 aromatic heterocycles. The zero-order valence-electron chi connectivity index (χ0n) is 10.2. The highest BCUT2D eigenvalue weighted by Crippen LogP contribution is 2.19. The average Bonchev–Trinajstić information content (AvgIpc) is 2.35. The van der Waals surface area contributed by atoms with Gasteiger partial charge in [-0.25, -0.2) is 8.78 Å². The van der Waals surface area contributed by atoms with Crippen LogP contribution in [0.15, 0.2) is 18.2 Å². The van der Waals surface area contributed by atoms with Crippen LogP contribution >= 0.6 is 12.4 Å². The Kier molecular flexibility index (Phi) is 5.99. The first-order chi connectivity index (χ1) is 8.19. The fourth-order valence-corrected chi connectivity index (χ4v) is 2.29. The number of hydrogen-bond donors (Lipinski definition) is 1. The Balaban J connectivity index is 0.00000162. The molecule has 102 valence electrons. The molecule has 0 atom stereocenters. The predicted molar refractivity (Wildman–Crippen MR) is 70.7 cm³/mol. The lowest BCUT2D eigenvalue weighted by Crippen LogP contribution is -2.35. The Labute approximate surface area is 113 Å². The van der Waals surface area contributed by atoms with Gasteiger partial charge in [-0.3, -0.25) is 4.90 Å². The molecule has 2 rings (SSSR count). The van der Waals surface area contributed by atoms with Gasteiger partial charge in [-0.2, -0.15) is 0 Å². The van der Waals surface area contributed by atoms with Gasteiger partial charge >= 0.3 is 0 Å². The van der Waals surface area contributed by atoms with Gasteiger partial charge in [0.25, 0.3) is 0 Å². The van der Waals surface area contributed by atoms with Crippen LogP contribution in [0.1, 0.15) is 18.4 Å². The summed E-state index contributed by atoms with van der Waals surface area (Å²) < 4.78 is 26.5. The molecule has 0 unspecified atom stereocenters. The predicted octanol–water partition coefficient (Wildman–Crippen LogP) is 2.56. The van der Waals surface area contributed by atoms with E-state index in [1.165, 1.54) is 12.1 Å². The quantitative estimate of drug-likeness (QED) is 0.919. The molecule has 2 N–H and O–H groups in total. The zero-order chi connectivity index (χ0) is 12.3. The number of benzene rings is 1. The second-order valence-corrected chi connectivity index (χ2v) is 4.69. The Morgan fingerprint density at radius 3 is 2.50 bits per heavy atom. The maximum Gasteiger partial charge on any atom is 0.127 e. The molecule has 1 heterocycles. The third kappa shape index (κ3) is 3.90. The van der Waals surface area contributed by atoms with E-state index in [-0.39, 0.29) is 24.0 Å². The lowest BCUT2D eigenvalue weighted by atomic mass is 9.97. The molecule has 0 saturated carbocycles. The van der Waals surface area contributed by atoms with Crippen molar-refractivity contribution >= 4 is 12.4 Å². The highest BCUT2D eigenvalue weighted by Gasteiger charge is 2.19. The van der Waals surface area contributed by atoms with E-state index in [9.17, 15) is 8.78 Å². The van der Waals surface area contributed by atoms with Gasteiger partial charge in [-0.1, -0.05) is 0 Å². The summed E-state index contributed by atoms with van der Waals surface area (Å²) in [7, 11) is 0. The van der Waals surface area contributed by atoms with Crippen molar-refractivity contribution in [1.82, 2.24) is 4.90 Å². The van der Waals surface area contributed by atoms with Crippen LogP contribution in [0.25, 0.3) is 0 Å². The van der Waals surface area contributed by atoms with E-state index in [2.05, 4.69) is 4.90 Å². The van der Waals surface area contributed by atoms with Gasteiger partial charge < -0.3 is 5.73 Å². The SMILES string of the molecule is Cl.NCC1CCN(Cc2cc(F)ccc2F)CC1. The first-order valence-corrected chi connectivity index (χ1v) is 6.05. The molecule has 18 heavy (non-hydrogen) atoms. The van der Waals surface area contributed by atoms with Crippen LogP contribution in [0, 0.1) is 17.6 Å². The first kappa shape index (κ1) is 15.3. The molecule has 0 bridgehead atoms. The van der Waals surface area contributed by atoms with Crippen LogP contribution < -0.4 is 5.73 Å². The molecule has 1 aliphatic rings. The molecule has 1 fully saturated rings. The molecule has 2 nitrogen and oxygen atoms in total. The van der Waals surface area contributed by atoms with Crippen molar-refractivity contribution in [3.8, 4) is 0 Å². The van der Waals surface area contributed by atoms with E-state index in [0.29, 0.717) is 18.0 Å². The van der Waals surface area contributed by atoms with E-state index < -0.39 is 0 Å². The van der Waals surface area contributed by atoms with E-state index in [1.807, 2.05) is 0 Å². The second-order valence-electron chi connectivity index (χ2n) is 4.69. The number of rotatable bonds is 3. The van der Waals surface area contributed by atoms with E-state index in [0.717, 1.165) is 38.5 Å². The van der Waals surface area contributed by atoms with Crippen LogP contribution in [-0.4, -0.2) is 24.5 Å².